The Balaban J connectivity index is 1.44. The number of hydrogen-bond donors (Lipinski definition) is 0. The lowest BCUT2D eigenvalue weighted by atomic mass is 9.60. The summed E-state index contributed by atoms with van der Waals surface area (Å²) in [6.45, 7) is 0. The summed E-state index contributed by atoms with van der Waals surface area (Å²) in [5.74, 6) is 1.99. The number of pyridine rings is 1. The van der Waals surface area contributed by atoms with Crippen LogP contribution in [-0.4, -0.2) is 17.2 Å². The van der Waals surface area contributed by atoms with Crippen molar-refractivity contribution in [2.24, 2.45) is 0 Å². The third-order valence-electron chi connectivity index (χ3n) is 6.85. The van der Waals surface area contributed by atoms with Crippen LogP contribution in [0, 0.1) is 0 Å². The fourth-order valence-corrected chi connectivity index (χ4v) is 5.11. The van der Waals surface area contributed by atoms with Crippen LogP contribution in [0.4, 0.5) is 0 Å². The first-order valence-electron chi connectivity index (χ1n) is 12.0. The predicted octanol–water partition coefficient (Wildman–Crippen LogP) is 6.69. The molecule has 0 atom stereocenters. The summed E-state index contributed by atoms with van der Waals surface area (Å²) >= 11 is 0. The van der Waals surface area contributed by atoms with Crippen LogP contribution in [0.2, 0.25) is 5.82 Å². The van der Waals surface area contributed by atoms with Crippen molar-refractivity contribution in [3.63, 3.8) is 0 Å². The van der Waals surface area contributed by atoms with Gasteiger partial charge in [0.15, 0.2) is 0 Å². The standard InChI is InChI=1S/C24H36BN2O/c1-2-5-9-13-19(14-10-6-3-1)21-17-18-22-23(26-21)28-24(27-22)25-20-15-11-7-4-8-12-16-20/h17-20H,1-16H2. The Hall–Kier alpha value is -1.32. The zero-order valence-corrected chi connectivity index (χ0v) is 17.5. The minimum absolute atomic E-state index is 0.589. The van der Waals surface area contributed by atoms with Gasteiger partial charge >= 0.3 is 0 Å². The smallest absolute Gasteiger partial charge is 0.246 e. The van der Waals surface area contributed by atoms with Gasteiger partial charge in [-0.05, 0) is 25.0 Å². The summed E-state index contributed by atoms with van der Waals surface area (Å²) in [4.78, 5) is 9.65. The van der Waals surface area contributed by atoms with E-state index in [9.17, 15) is 0 Å². The Morgan fingerprint density at radius 3 is 1.89 bits per heavy atom. The van der Waals surface area contributed by atoms with Gasteiger partial charge in [0.05, 0.1) is 0 Å². The summed E-state index contributed by atoms with van der Waals surface area (Å²) in [6, 6.07) is 4.34. The molecule has 0 bridgehead atoms. The van der Waals surface area contributed by atoms with Crippen LogP contribution >= 0.6 is 0 Å². The molecule has 2 aromatic heterocycles. The van der Waals surface area contributed by atoms with Gasteiger partial charge in [-0.1, -0.05) is 95.7 Å². The first-order valence-corrected chi connectivity index (χ1v) is 12.0. The molecule has 0 N–H and O–H groups in total. The van der Waals surface area contributed by atoms with E-state index in [0.29, 0.717) is 11.7 Å². The van der Waals surface area contributed by atoms with Crippen LogP contribution in [0.5, 0.6) is 0 Å². The van der Waals surface area contributed by atoms with Gasteiger partial charge in [-0.3, -0.25) is 0 Å². The van der Waals surface area contributed by atoms with Crippen LogP contribution < -0.4 is 5.79 Å². The van der Waals surface area contributed by atoms with E-state index in [-0.39, 0.29) is 0 Å². The van der Waals surface area contributed by atoms with Crippen LogP contribution in [0.15, 0.2) is 16.5 Å². The SMILES string of the molecule is [B](c1nc2ccc(C3CCCCCCCCC3)nc2o1)C1CCCCCCC1. The summed E-state index contributed by atoms with van der Waals surface area (Å²) in [5, 5.41) is 0. The molecule has 0 unspecified atom stereocenters. The molecular formula is C24H36BN2O. The van der Waals surface area contributed by atoms with E-state index in [1.165, 1.54) is 108 Å². The fraction of sp³-hybridized carbons (Fsp3) is 0.750. The highest BCUT2D eigenvalue weighted by Crippen LogP contribution is 2.30. The Morgan fingerprint density at radius 2 is 1.25 bits per heavy atom. The molecule has 28 heavy (non-hydrogen) atoms. The lowest BCUT2D eigenvalue weighted by molar-refractivity contribution is 0.456. The van der Waals surface area contributed by atoms with Crippen LogP contribution in [0.3, 0.4) is 0 Å². The van der Waals surface area contributed by atoms with Crippen molar-refractivity contribution in [1.82, 2.24) is 9.97 Å². The van der Waals surface area contributed by atoms with Crippen molar-refractivity contribution < 1.29 is 4.42 Å². The molecule has 4 rings (SSSR count). The normalized spacial score (nSPS) is 21.9. The van der Waals surface area contributed by atoms with Gasteiger partial charge in [0.1, 0.15) is 11.3 Å². The second-order valence-corrected chi connectivity index (χ2v) is 9.13. The van der Waals surface area contributed by atoms with Crippen molar-refractivity contribution in [3.05, 3.63) is 17.8 Å². The number of aromatic nitrogens is 2. The molecule has 4 heteroatoms. The van der Waals surface area contributed by atoms with Gasteiger partial charge in [0.2, 0.25) is 13.0 Å². The summed E-state index contributed by atoms with van der Waals surface area (Å²) in [6.07, 6.45) is 21.6. The minimum atomic E-state index is 0.589. The average Bonchev–Trinajstić information content (AvgIpc) is 3.09. The summed E-state index contributed by atoms with van der Waals surface area (Å²) in [5.41, 5.74) is 2.88. The molecule has 3 nitrogen and oxygen atoms in total. The second kappa shape index (κ2) is 10.5. The summed E-state index contributed by atoms with van der Waals surface area (Å²) < 4.78 is 6.10. The highest BCUT2D eigenvalue weighted by molar-refractivity contribution is 6.52. The van der Waals surface area contributed by atoms with E-state index in [1.807, 2.05) is 0 Å². The van der Waals surface area contributed by atoms with E-state index in [0.717, 1.165) is 17.0 Å². The van der Waals surface area contributed by atoms with Gasteiger partial charge < -0.3 is 4.42 Å². The molecule has 0 amide bonds. The molecule has 1 radical (unpaired) electrons. The lowest BCUT2D eigenvalue weighted by Gasteiger charge is -2.17. The molecule has 2 fully saturated rings. The van der Waals surface area contributed by atoms with Crippen molar-refractivity contribution in [2.75, 3.05) is 0 Å². The summed E-state index contributed by atoms with van der Waals surface area (Å²) in [7, 11) is 2.27. The molecule has 0 aliphatic heterocycles. The number of fused-ring (bicyclic) bond motifs is 1. The molecule has 2 saturated carbocycles. The predicted molar refractivity (Wildman–Crippen MR) is 118 cm³/mol. The third kappa shape index (κ3) is 5.61. The number of nitrogens with zero attached hydrogens (tertiary/aromatic N) is 2. The van der Waals surface area contributed by atoms with E-state index in [4.69, 9.17) is 14.4 Å². The largest absolute Gasteiger partial charge is 0.433 e. The molecule has 2 aliphatic rings. The maximum atomic E-state index is 6.10. The van der Waals surface area contributed by atoms with Crippen molar-refractivity contribution >= 4 is 24.3 Å². The fourth-order valence-electron chi connectivity index (χ4n) is 5.11. The molecule has 2 heterocycles. The maximum Gasteiger partial charge on any atom is 0.246 e. The molecule has 2 aromatic rings. The Labute approximate surface area is 171 Å². The van der Waals surface area contributed by atoms with E-state index in [1.54, 1.807) is 0 Å². The molecule has 0 aromatic carbocycles. The topological polar surface area (TPSA) is 38.9 Å². The van der Waals surface area contributed by atoms with Gasteiger partial charge in [-0.15, -0.1) is 0 Å². The van der Waals surface area contributed by atoms with Gasteiger partial charge in [0.25, 0.3) is 0 Å². The van der Waals surface area contributed by atoms with Crippen molar-refractivity contribution in [2.45, 2.75) is 114 Å². The Bertz CT molecular complexity index is 710. The van der Waals surface area contributed by atoms with Crippen LogP contribution in [0.25, 0.3) is 11.2 Å². The van der Waals surface area contributed by atoms with Crippen LogP contribution in [-0.2, 0) is 0 Å². The van der Waals surface area contributed by atoms with Gasteiger partial charge in [0, 0.05) is 11.6 Å². The van der Waals surface area contributed by atoms with Crippen molar-refractivity contribution in [1.29, 1.82) is 0 Å². The first-order chi connectivity index (χ1) is 13.9. The monoisotopic (exact) mass is 379 g/mol. The minimum Gasteiger partial charge on any atom is -0.433 e. The van der Waals surface area contributed by atoms with Crippen molar-refractivity contribution in [3.8, 4) is 0 Å². The first kappa shape index (κ1) is 20.0. The third-order valence-corrected chi connectivity index (χ3v) is 6.85. The Morgan fingerprint density at radius 1 is 0.679 bits per heavy atom. The number of rotatable bonds is 3. The molecule has 2 aliphatic carbocycles. The molecular weight excluding hydrogens is 343 g/mol. The number of oxazole rings is 1. The second-order valence-electron chi connectivity index (χ2n) is 9.13. The van der Waals surface area contributed by atoms with E-state index >= 15 is 0 Å². The van der Waals surface area contributed by atoms with E-state index in [2.05, 4.69) is 19.4 Å². The highest BCUT2D eigenvalue weighted by Gasteiger charge is 2.20. The molecule has 0 spiro atoms. The zero-order valence-electron chi connectivity index (χ0n) is 17.5. The van der Waals surface area contributed by atoms with Gasteiger partial charge in [-0.25, -0.2) is 9.97 Å². The van der Waals surface area contributed by atoms with Crippen LogP contribution in [0.1, 0.15) is 114 Å². The Kier molecular flexibility index (Phi) is 7.46. The average molecular weight is 379 g/mol. The highest BCUT2D eigenvalue weighted by atomic mass is 16.4. The van der Waals surface area contributed by atoms with Gasteiger partial charge in [-0.2, -0.15) is 0 Å². The zero-order chi connectivity index (χ0) is 19.0. The molecule has 151 valence electrons. The quantitative estimate of drug-likeness (QED) is 0.558. The molecule has 0 saturated heterocycles. The number of hydrogen-bond acceptors (Lipinski definition) is 3. The lowest BCUT2D eigenvalue weighted by Crippen LogP contribution is -2.21. The van der Waals surface area contributed by atoms with E-state index < -0.39 is 0 Å². The maximum absolute atomic E-state index is 6.10.